The van der Waals surface area contributed by atoms with Crippen LogP contribution in [0.25, 0.3) is 0 Å². The van der Waals surface area contributed by atoms with E-state index in [4.69, 9.17) is 0 Å². The van der Waals surface area contributed by atoms with Gasteiger partial charge in [0.05, 0.1) is 0 Å². The van der Waals surface area contributed by atoms with E-state index in [1.54, 1.807) is 6.92 Å². The summed E-state index contributed by atoms with van der Waals surface area (Å²) in [5, 5.41) is 12.7. The first kappa shape index (κ1) is 14.5. The molecule has 1 saturated carbocycles. The largest absolute Gasteiger partial charge is 0.480 e. The molecule has 2 atom stereocenters. The highest BCUT2D eigenvalue weighted by molar-refractivity contribution is 5.78. The molecule has 0 radical (unpaired) electrons. The molecule has 2 unspecified atom stereocenters. The Hall–Kier alpha value is -0.570. The zero-order valence-electron chi connectivity index (χ0n) is 11.5. The van der Waals surface area contributed by atoms with E-state index >= 15 is 0 Å². The Morgan fingerprint density at radius 3 is 2.35 bits per heavy atom. The standard InChI is InChI=1S/C14H27NO2/c1-4-12(11-9-7-6-8-10-11)15-14(3,5-2)13(16)17/h11-12,15H,4-10H2,1-3H3,(H,16,17). The maximum Gasteiger partial charge on any atom is 0.323 e. The van der Waals surface area contributed by atoms with Crippen molar-refractivity contribution in [2.45, 2.75) is 77.3 Å². The van der Waals surface area contributed by atoms with Gasteiger partial charge in [-0.25, -0.2) is 0 Å². The molecule has 0 heterocycles. The minimum atomic E-state index is -0.766. The topological polar surface area (TPSA) is 49.3 Å². The van der Waals surface area contributed by atoms with Crippen LogP contribution in [0.5, 0.6) is 0 Å². The van der Waals surface area contributed by atoms with E-state index in [-0.39, 0.29) is 0 Å². The average molecular weight is 241 g/mol. The molecule has 0 aliphatic heterocycles. The van der Waals surface area contributed by atoms with Crippen molar-refractivity contribution in [1.29, 1.82) is 0 Å². The lowest BCUT2D eigenvalue weighted by Gasteiger charge is -2.36. The van der Waals surface area contributed by atoms with E-state index in [0.29, 0.717) is 18.4 Å². The van der Waals surface area contributed by atoms with Gasteiger partial charge in [-0.15, -0.1) is 0 Å². The zero-order chi connectivity index (χ0) is 12.9. The Bertz CT molecular complexity index is 249. The summed E-state index contributed by atoms with van der Waals surface area (Å²) in [6.07, 6.45) is 8.11. The van der Waals surface area contributed by atoms with Crippen molar-refractivity contribution in [3.63, 3.8) is 0 Å². The van der Waals surface area contributed by atoms with E-state index in [1.165, 1.54) is 32.1 Å². The molecule has 0 bridgehead atoms. The first-order valence-electron chi connectivity index (χ1n) is 7.04. The molecule has 1 fully saturated rings. The van der Waals surface area contributed by atoms with Crippen LogP contribution in [0.4, 0.5) is 0 Å². The summed E-state index contributed by atoms with van der Waals surface area (Å²) in [6, 6.07) is 0.358. The number of nitrogens with one attached hydrogen (secondary N) is 1. The number of aliphatic carboxylic acids is 1. The van der Waals surface area contributed by atoms with Crippen molar-refractivity contribution in [2.24, 2.45) is 5.92 Å². The SMILES string of the molecule is CCC(NC(C)(CC)C(=O)O)C1CCCCC1. The average Bonchev–Trinajstić information content (AvgIpc) is 2.36. The molecule has 1 aliphatic rings. The van der Waals surface area contributed by atoms with Gasteiger partial charge in [-0.3, -0.25) is 10.1 Å². The van der Waals surface area contributed by atoms with Crippen molar-refractivity contribution in [1.82, 2.24) is 5.32 Å². The second-order valence-electron chi connectivity index (χ2n) is 5.55. The van der Waals surface area contributed by atoms with Gasteiger partial charge in [-0.2, -0.15) is 0 Å². The van der Waals surface area contributed by atoms with Crippen LogP contribution in [0.2, 0.25) is 0 Å². The van der Waals surface area contributed by atoms with Crippen LogP contribution in [-0.2, 0) is 4.79 Å². The molecule has 0 spiro atoms. The number of rotatable bonds is 6. The molecule has 3 nitrogen and oxygen atoms in total. The van der Waals surface area contributed by atoms with Crippen molar-refractivity contribution in [3.8, 4) is 0 Å². The van der Waals surface area contributed by atoms with E-state index in [1.807, 2.05) is 6.92 Å². The summed E-state index contributed by atoms with van der Waals surface area (Å²) in [4.78, 5) is 11.3. The predicted octanol–water partition coefficient (Wildman–Crippen LogP) is 3.19. The lowest BCUT2D eigenvalue weighted by molar-refractivity contribution is -0.145. The van der Waals surface area contributed by atoms with Crippen LogP contribution in [0, 0.1) is 5.92 Å². The summed E-state index contributed by atoms with van der Waals surface area (Å²) < 4.78 is 0. The molecular formula is C14H27NO2. The van der Waals surface area contributed by atoms with Gasteiger partial charge in [0.25, 0.3) is 0 Å². The molecule has 0 amide bonds. The monoisotopic (exact) mass is 241 g/mol. The second kappa shape index (κ2) is 6.39. The number of hydrogen-bond donors (Lipinski definition) is 2. The molecule has 17 heavy (non-hydrogen) atoms. The lowest BCUT2D eigenvalue weighted by atomic mass is 9.81. The van der Waals surface area contributed by atoms with Crippen LogP contribution in [0.1, 0.15) is 65.7 Å². The van der Waals surface area contributed by atoms with Gasteiger partial charge in [0.15, 0.2) is 0 Å². The molecule has 1 aliphatic carbocycles. The van der Waals surface area contributed by atoms with E-state index in [0.717, 1.165) is 6.42 Å². The summed E-state index contributed by atoms with van der Waals surface area (Å²) >= 11 is 0. The smallest absolute Gasteiger partial charge is 0.323 e. The molecule has 1 rings (SSSR count). The van der Waals surface area contributed by atoms with Crippen LogP contribution in [0.15, 0.2) is 0 Å². The van der Waals surface area contributed by atoms with Gasteiger partial charge in [0, 0.05) is 6.04 Å². The van der Waals surface area contributed by atoms with Crippen LogP contribution >= 0.6 is 0 Å². The third kappa shape index (κ3) is 3.70. The molecule has 0 aromatic rings. The van der Waals surface area contributed by atoms with Crippen molar-refractivity contribution in [3.05, 3.63) is 0 Å². The maximum absolute atomic E-state index is 11.3. The first-order valence-corrected chi connectivity index (χ1v) is 7.04. The number of carboxylic acid groups (broad SMARTS) is 1. The van der Waals surface area contributed by atoms with Crippen LogP contribution in [0.3, 0.4) is 0 Å². The maximum atomic E-state index is 11.3. The minimum Gasteiger partial charge on any atom is -0.480 e. The normalized spacial score (nSPS) is 23.0. The van der Waals surface area contributed by atoms with E-state index in [2.05, 4.69) is 12.2 Å². The second-order valence-corrected chi connectivity index (χ2v) is 5.55. The molecule has 3 heteroatoms. The third-order valence-electron chi connectivity index (χ3n) is 4.34. The molecule has 0 aromatic heterocycles. The van der Waals surface area contributed by atoms with Gasteiger partial charge in [0.2, 0.25) is 0 Å². The van der Waals surface area contributed by atoms with Gasteiger partial charge in [0.1, 0.15) is 5.54 Å². The highest BCUT2D eigenvalue weighted by Crippen LogP contribution is 2.29. The van der Waals surface area contributed by atoms with Crippen molar-refractivity contribution >= 4 is 5.97 Å². The Kier molecular flexibility index (Phi) is 5.44. The van der Waals surface area contributed by atoms with Crippen LogP contribution < -0.4 is 5.32 Å². The lowest BCUT2D eigenvalue weighted by Crippen LogP contribution is -2.55. The number of carbonyl (C=O) groups is 1. The van der Waals surface area contributed by atoms with E-state index < -0.39 is 11.5 Å². The highest BCUT2D eigenvalue weighted by atomic mass is 16.4. The quantitative estimate of drug-likeness (QED) is 0.751. The number of carboxylic acids is 1. The predicted molar refractivity (Wildman–Crippen MR) is 70.1 cm³/mol. The Labute approximate surface area is 105 Å². The summed E-state index contributed by atoms with van der Waals surface area (Å²) in [7, 11) is 0. The first-order chi connectivity index (χ1) is 8.03. The fourth-order valence-electron chi connectivity index (χ4n) is 2.81. The van der Waals surface area contributed by atoms with Crippen molar-refractivity contribution in [2.75, 3.05) is 0 Å². The molecule has 0 saturated heterocycles. The number of hydrogen-bond acceptors (Lipinski definition) is 2. The molecular weight excluding hydrogens is 214 g/mol. The Balaban J connectivity index is 2.64. The van der Waals surface area contributed by atoms with Gasteiger partial charge in [-0.05, 0) is 38.5 Å². The Morgan fingerprint density at radius 2 is 1.94 bits per heavy atom. The van der Waals surface area contributed by atoms with Crippen molar-refractivity contribution < 1.29 is 9.90 Å². The van der Waals surface area contributed by atoms with Gasteiger partial charge >= 0.3 is 5.97 Å². The fraction of sp³-hybridized carbons (Fsp3) is 0.929. The van der Waals surface area contributed by atoms with Gasteiger partial charge in [-0.1, -0.05) is 33.1 Å². The fourth-order valence-corrected chi connectivity index (χ4v) is 2.81. The molecule has 0 aromatic carbocycles. The van der Waals surface area contributed by atoms with Gasteiger partial charge < -0.3 is 5.11 Å². The Morgan fingerprint density at radius 1 is 1.35 bits per heavy atom. The summed E-state index contributed by atoms with van der Waals surface area (Å²) in [5.41, 5.74) is -0.766. The summed E-state index contributed by atoms with van der Waals surface area (Å²) in [5.74, 6) is -0.0618. The highest BCUT2D eigenvalue weighted by Gasteiger charge is 2.35. The molecule has 2 N–H and O–H groups in total. The molecule has 100 valence electrons. The van der Waals surface area contributed by atoms with Crippen LogP contribution in [-0.4, -0.2) is 22.7 Å². The summed E-state index contributed by atoms with van der Waals surface area (Å²) in [6.45, 7) is 5.90. The minimum absolute atomic E-state index is 0.358. The third-order valence-corrected chi connectivity index (χ3v) is 4.34. The zero-order valence-corrected chi connectivity index (χ0v) is 11.5. The van der Waals surface area contributed by atoms with E-state index in [9.17, 15) is 9.90 Å².